The van der Waals surface area contributed by atoms with Crippen molar-refractivity contribution in [3.05, 3.63) is 47.6 Å². The normalized spacial score (nSPS) is 20.9. The first-order valence-electron chi connectivity index (χ1n) is 3.67. The molecular weight excluding hydrogens is 152 g/mol. The van der Waals surface area contributed by atoms with Gasteiger partial charge in [0.25, 0.3) is 0 Å². The highest BCUT2D eigenvalue weighted by Crippen LogP contribution is 2.22. The average molecular weight is 160 g/mol. The third-order valence-electron chi connectivity index (χ3n) is 1.90. The fourth-order valence-corrected chi connectivity index (χ4v) is 1.62. The van der Waals surface area contributed by atoms with E-state index in [-0.39, 0.29) is 0 Å². The topological polar surface area (TPSA) is 0 Å². The summed E-state index contributed by atoms with van der Waals surface area (Å²) in [6, 6.07) is 0. The maximum Gasteiger partial charge on any atom is 0.0415 e. The van der Waals surface area contributed by atoms with Gasteiger partial charge in [-0.05, 0) is 23.6 Å². The van der Waals surface area contributed by atoms with Crippen LogP contribution >= 0.6 is 12.2 Å². The van der Waals surface area contributed by atoms with E-state index >= 15 is 0 Å². The highest BCUT2D eigenvalue weighted by molar-refractivity contribution is 7.81. The standard InChI is InChI=1S/C10H8S/c11-10-7-3-6-9(10)8-4-1-2-5-8/h1-5,7H,6H2. The number of thiocarbonyl (C=S) groups is 1. The van der Waals surface area contributed by atoms with Crippen LogP contribution in [-0.4, -0.2) is 4.86 Å². The minimum atomic E-state index is 0.996. The molecule has 0 amide bonds. The molecule has 0 nitrogen and oxygen atoms in total. The third kappa shape index (κ3) is 1.12. The lowest BCUT2D eigenvalue weighted by Gasteiger charge is -1.98. The predicted molar refractivity (Wildman–Crippen MR) is 51.7 cm³/mol. The van der Waals surface area contributed by atoms with Crippen LogP contribution in [0.15, 0.2) is 47.6 Å². The summed E-state index contributed by atoms with van der Waals surface area (Å²) in [5, 5.41) is 0. The zero-order chi connectivity index (χ0) is 7.68. The SMILES string of the molecule is S=C1C=CCC1=C1C=CC=C1. The van der Waals surface area contributed by atoms with E-state index in [1.54, 1.807) is 0 Å². The Kier molecular flexibility index (Phi) is 1.59. The summed E-state index contributed by atoms with van der Waals surface area (Å²) in [6.07, 6.45) is 13.4. The molecule has 0 saturated heterocycles. The summed E-state index contributed by atoms with van der Waals surface area (Å²) in [4.78, 5) is 0.996. The van der Waals surface area contributed by atoms with Crippen molar-refractivity contribution in [3.63, 3.8) is 0 Å². The first-order valence-corrected chi connectivity index (χ1v) is 4.07. The Morgan fingerprint density at radius 2 is 1.82 bits per heavy atom. The molecule has 2 aliphatic carbocycles. The molecule has 0 saturated carbocycles. The van der Waals surface area contributed by atoms with Gasteiger partial charge in [0.2, 0.25) is 0 Å². The molecule has 0 fully saturated rings. The zero-order valence-electron chi connectivity index (χ0n) is 6.08. The van der Waals surface area contributed by atoms with Crippen LogP contribution in [0.3, 0.4) is 0 Å². The van der Waals surface area contributed by atoms with Crippen molar-refractivity contribution < 1.29 is 0 Å². The fourth-order valence-electron chi connectivity index (χ4n) is 1.32. The molecule has 0 spiro atoms. The molecule has 0 bridgehead atoms. The average Bonchev–Trinajstić information content (AvgIpc) is 2.55. The van der Waals surface area contributed by atoms with Gasteiger partial charge in [-0.1, -0.05) is 42.6 Å². The second-order valence-electron chi connectivity index (χ2n) is 2.62. The van der Waals surface area contributed by atoms with Crippen LogP contribution in [0.2, 0.25) is 0 Å². The Bertz CT molecular complexity index is 300. The second kappa shape index (κ2) is 2.59. The van der Waals surface area contributed by atoms with Crippen LogP contribution in [0.5, 0.6) is 0 Å². The van der Waals surface area contributed by atoms with Crippen LogP contribution in [-0.2, 0) is 0 Å². The van der Waals surface area contributed by atoms with E-state index in [2.05, 4.69) is 18.2 Å². The smallest absolute Gasteiger partial charge is 0.0415 e. The summed E-state index contributed by atoms with van der Waals surface area (Å²) in [6.45, 7) is 0. The maximum absolute atomic E-state index is 5.16. The molecule has 0 N–H and O–H groups in total. The second-order valence-corrected chi connectivity index (χ2v) is 3.06. The highest BCUT2D eigenvalue weighted by atomic mass is 32.1. The molecular formula is C10H8S. The van der Waals surface area contributed by atoms with Gasteiger partial charge >= 0.3 is 0 Å². The van der Waals surface area contributed by atoms with E-state index < -0.39 is 0 Å². The summed E-state index contributed by atoms with van der Waals surface area (Å²) in [5.41, 5.74) is 2.57. The van der Waals surface area contributed by atoms with E-state index in [0.717, 1.165) is 11.3 Å². The summed E-state index contributed by atoms with van der Waals surface area (Å²) in [7, 11) is 0. The van der Waals surface area contributed by atoms with E-state index in [0.29, 0.717) is 0 Å². The molecule has 0 aromatic rings. The van der Waals surface area contributed by atoms with Crippen LogP contribution in [0.25, 0.3) is 0 Å². The van der Waals surface area contributed by atoms with Gasteiger partial charge in [0, 0.05) is 4.86 Å². The lowest BCUT2D eigenvalue weighted by molar-refractivity contribution is 1.35. The molecule has 0 aromatic heterocycles. The Morgan fingerprint density at radius 3 is 2.36 bits per heavy atom. The van der Waals surface area contributed by atoms with Gasteiger partial charge in [0.05, 0.1) is 0 Å². The number of hydrogen-bond donors (Lipinski definition) is 0. The van der Waals surface area contributed by atoms with Crippen LogP contribution in [0, 0.1) is 0 Å². The molecule has 1 heteroatoms. The van der Waals surface area contributed by atoms with Gasteiger partial charge in [-0.3, -0.25) is 0 Å². The van der Waals surface area contributed by atoms with Crippen molar-refractivity contribution in [1.82, 2.24) is 0 Å². The predicted octanol–water partition coefficient (Wildman–Crippen LogP) is 2.74. The molecule has 11 heavy (non-hydrogen) atoms. The molecule has 2 aliphatic rings. The van der Waals surface area contributed by atoms with Crippen molar-refractivity contribution in [2.45, 2.75) is 6.42 Å². The largest absolute Gasteiger partial charge is 0.0798 e. The number of allylic oxidation sites excluding steroid dienone is 8. The van der Waals surface area contributed by atoms with E-state index in [9.17, 15) is 0 Å². The molecule has 0 radical (unpaired) electrons. The Hall–Kier alpha value is -0.950. The van der Waals surface area contributed by atoms with Crippen LogP contribution < -0.4 is 0 Å². The van der Waals surface area contributed by atoms with E-state index in [1.165, 1.54) is 11.1 Å². The highest BCUT2D eigenvalue weighted by Gasteiger charge is 2.10. The molecule has 2 rings (SSSR count). The van der Waals surface area contributed by atoms with Crippen molar-refractivity contribution in [3.8, 4) is 0 Å². The van der Waals surface area contributed by atoms with Crippen LogP contribution in [0.4, 0.5) is 0 Å². The van der Waals surface area contributed by atoms with Gasteiger partial charge in [-0.15, -0.1) is 0 Å². The van der Waals surface area contributed by atoms with Crippen molar-refractivity contribution >= 4 is 17.1 Å². The minimum Gasteiger partial charge on any atom is -0.0798 e. The third-order valence-corrected chi connectivity index (χ3v) is 2.28. The number of hydrogen-bond acceptors (Lipinski definition) is 1. The van der Waals surface area contributed by atoms with E-state index in [1.807, 2.05) is 18.2 Å². The van der Waals surface area contributed by atoms with Crippen LogP contribution in [0.1, 0.15) is 6.42 Å². The Balaban J connectivity index is 2.41. The lowest BCUT2D eigenvalue weighted by Crippen LogP contribution is -1.90. The van der Waals surface area contributed by atoms with Crippen molar-refractivity contribution in [2.75, 3.05) is 0 Å². The first-order chi connectivity index (χ1) is 5.38. The van der Waals surface area contributed by atoms with Crippen molar-refractivity contribution in [1.29, 1.82) is 0 Å². The molecule has 0 heterocycles. The van der Waals surface area contributed by atoms with Gasteiger partial charge < -0.3 is 0 Å². The summed E-state index contributed by atoms with van der Waals surface area (Å²) >= 11 is 5.16. The minimum absolute atomic E-state index is 0.996. The van der Waals surface area contributed by atoms with Gasteiger partial charge in [-0.25, -0.2) is 0 Å². The Morgan fingerprint density at radius 1 is 1.09 bits per heavy atom. The lowest BCUT2D eigenvalue weighted by atomic mass is 10.1. The quantitative estimate of drug-likeness (QED) is 0.388. The number of rotatable bonds is 0. The molecule has 54 valence electrons. The first kappa shape index (κ1) is 6.74. The van der Waals surface area contributed by atoms with Gasteiger partial charge in [0.1, 0.15) is 0 Å². The van der Waals surface area contributed by atoms with E-state index in [4.69, 9.17) is 12.2 Å². The zero-order valence-corrected chi connectivity index (χ0v) is 6.90. The molecule has 0 aliphatic heterocycles. The monoisotopic (exact) mass is 160 g/mol. The Labute approximate surface area is 71.6 Å². The molecule has 0 unspecified atom stereocenters. The molecule has 0 aromatic carbocycles. The molecule has 0 atom stereocenters. The fraction of sp³-hybridized carbons (Fsp3) is 0.100. The van der Waals surface area contributed by atoms with Crippen molar-refractivity contribution in [2.24, 2.45) is 0 Å². The summed E-state index contributed by atoms with van der Waals surface area (Å²) < 4.78 is 0. The van der Waals surface area contributed by atoms with Gasteiger partial charge in [0.15, 0.2) is 0 Å². The van der Waals surface area contributed by atoms with Gasteiger partial charge in [-0.2, -0.15) is 0 Å². The summed E-state index contributed by atoms with van der Waals surface area (Å²) in [5.74, 6) is 0. The maximum atomic E-state index is 5.16.